The summed E-state index contributed by atoms with van der Waals surface area (Å²) in [5, 5.41) is 10.8. The molecule has 0 aromatic heterocycles. The molecule has 1 heterocycles. The Bertz CT molecular complexity index is 631. The summed E-state index contributed by atoms with van der Waals surface area (Å²) in [6.45, 7) is 0.602. The number of nitro benzene ring substituents is 1. The average Bonchev–Trinajstić information content (AvgIpc) is 2.85. The molecule has 0 radical (unpaired) electrons. The van der Waals surface area contributed by atoms with Crippen molar-refractivity contribution in [1.29, 1.82) is 0 Å². The van der Waals surface area contributed by atoms with E-state index >= 15 is 0 Å². The lowest BCUT2D eigenvalue weighted by Crippen LogP contribution is -2.32. The van der Waals surface area contributed by atoms with Crippen molar-refractivity contribution >= 4 is 15.7 Å². The Labute approximate surface area is 116 Å². The second-order valence-corrected chi connectivity index (χ2v) is 6.44. The van der Waals surface area contributed by atoms with Crippen LogP contribution >= 0.6 is 0 Å². The number of nitrogens with zero attached hydrogens (tertiary/aromatic N) is 2. The summed E-state index contributed by atoms with van der Waals surface area (Å²) in [5.74, 6) is -0.0837. The van der Waals surface area contributed by atoms with Gasteiger partial charge in [-0.2, -0.15) is 4.31 Å². The SMILES string of the molecule is COc1cc(S(=O)(=O)N2CC[C@@H](N)C2)ccc1[N+](=O)[O-]. The van der Waals surface area contributed by atoms with Crippen LogP contribution < -0.4 is 10.5 Å². The highest BCUT2D eigenvalue weighted by Crippen LogP contribution is 2.31. The van der Waals surface area contributed by atoms with Gasteiger partial charge in [-0.05, 0) is 12.5 Å². The van der Waals surface area contributed by atoms with Crippen LogP contribution in [0.25, 0.3) is 0 Å². The predicted molar refractivity (Wildman–Crippen MR) is 71.0 cm³/mol. The maximum atomic E-state index is 12.4. The third-order valence-corrected chi connectivity index (χ3v) is 5.03. The van der Waals surface area contributed by atoms with Gasteiger partial charge in [-0.25, -0.2) is 8.42 Å². The summed E-state index contributed by atoms with van der Waals surface area (Å²) >= 11 is 0. The second kappa shape index (κ2) is 5.35. The summed E-state index contributed by atoms with van der Waals surface area (Å²) in [5.41, 5.74) is 5.43. The molecule has 0 bridgehead atoms. The number of rotatable bonds is 4. The lowest BCUT2D eigenvalue weighted by molar-refractivity contribution is -0.385. The van der Waals surface area contributed by atoms with Crippen molar-refractivity contribution < 1.29 is 18.1 Å². The lowest BCUT2D eigenvalue weighted by Gasteiger charge is -2.16. The van der Waals surface area contributed by atoms with Crippen molar-refractivity contribution in [3.8, 4) is 5.75 Å². The van der Waals surface area contributed by atoms with E-state index in [0.717, 1.165) is 12.1 Å². The van der Waals surface area contributed by atoms with Crippen molar-refractivity contribution in [2.75, 3.05) is 20.2 Å². The highest BCUT2D eigenvalue weighted by Gasteiger charge is 2.32. The van der Waals surface area contributed by atoms with Crippen LogP contribution in [0.4, 0.5) is 5.69 Å². The fourth-order valence-electron chi connectivity index (χ4n) is 2.09. The average molecular weight is 301 g/mol. The molecule has 8 nitrogen and oxygen atoms in total. The number of hydrogen-bond acceptors (Lipinski definition) is 6. The van der Waals surface area contributed by atoms with Crippen LogP contribution in [0.5, 0.6) is 5.75 Å². The zero-order valence-electron chi connectivity index (χ0n) is 10.9. The summed E-state index contributed by atoms with van der Waals surface area (Å²) in [6.07, 6.45) is 0.601. The second-order valence-electron chi connectivity index (χ2n) is 4.50. The minimum absolute atomic E-state index is 0.0333. The monoisotopic (exact) mass is 301 g/mol. The first-order chi connectivity index (χ1) is 9.36. The molecule has 20 heavy (non-hydrogen) atoms. The van der Waals surface area contributed by atoms with E-state index in [1.807, 2.05) is 0 Å². The number of ether oxygens (including phenoxy) is 1. The van der Waals surface area contributed by atoms with Gasteiger partial charge in [0.25, 0.3) is 0 Å². The molecule has 0 unspecified atom stereocenters. The van der Waals surface area contributed by atoms with Crippen LogP contribution in [0.1, 0.15) is 6.42 Å². The molecule has 0 saturated carbocycles. The lowest BCUT2D eigenvalue weighted by atomic mass is 10.3. The molecular weight excluding hydrogens is 286 g/mol. The maximum Gasteiger partial charge on any atom is 0.310 e. The summed E-state index contributed by atoms with van der Waals surface area (Å²) in [4.78, 5) is 10.1. The molecule has 2 N–H and O–H groups in total. The zero-order valence-corrected chi connectivity index (χ0v) is 11.7. The quantitative estimate of drug-likeness (QED) is 0.632. The Hall–Kier alpha value is -1.71. The number of sulfonamides is 1. The van der Waals surface area contributed by atoms with E-state index in [0.29, 0.717) is 13.0 Å². The van der Waals surface area contributed by atoms with Crippen molar-refractivity contribution in [3.05, 3.63) is 28.3 Å². The minimum Gasteiger partial charge on any atom is -0.490 e. The summed E-state index contributed by atoms with van der Waals surface area (Å²) < 4.78 is 30.9. The highest BCUT2D eigenvalue weighted by atomic mass is 32.2. The molecule has 1 aliphatic rings. The van der Waals surface area contributed by atoms with Crippen molar-refractivity contribution in [2.45, 2.75) is 17.4 Å². The Balaban J connectivity index is 2.40. The number of methoxy groups -OCH3 is 1. The van der Waals surface area contributed by atoms with Crippen molar-refractivity contribution in [1.82, 2.24) is 4.31 Å². The van der Waals surface area contributed by atoms with E-state index < -0.39 is 14.9 Å². The van der Waals surface area contributed by atoms with Crippen LogP contribution in [-0.4, -0.2) is 43.9 Å². The topological polar surface area (TPSA) is 116 Å². The Morgan fingerprint density at radius 3 is 2.70 bits per heavy atom. The van der Waals surface area contributed by atoms with Crippen molar-refractivity contribution in [2.24, 2.45) is 5.73 Å². The molecule has 1 saturated heterocycles. The van der Waals surface area contributed by atoms with E-state index in [2.05, 4.69) is 0 Å². The molecule has 9 heteroatoms. The molecule has 0 spiro atoms. The zero-order chi connectivity index (χ0) is 14.9. The van der Waals surface area contributed by atoms with Crippen LogP contribution in [0.2, 0.25) is 0 Å². The Morgan fingerprint density at radius 1 is 1.50 bits per heavy atom. The van der Waals surface area contributed by atoms with Gasteiger partial charge in [0.1, 0.15) is 0 Å². The Morgan fingerprint density at radius 2 is 2.20 bits per heavy atom. The van der Waals surface area contributed by atoms with Gasteiger partial charge >= 0.3 is 5.69 Å². The molecule has 0 amide bonds. The van der Waals surface area contributed by atoms with Gasteiger partial charge in [0.05, 0.1) is 16.9 Å². The largest absolute Gasteiger partial charge is 0.490 e. The van der Waals surface area contributed by atoms with Crippen LogP contribution in [0, 0.1) is 10.1 Å². The fraction of sp³-hybridized carbons (Fsp3) is 0.455. The van der Waals surface area contributed by atoms with Gasteiger partial charge in [0.15, 0.2) is 5.75 Å². The van der Waals surface area contributed by atoms with Gasteiger partial charge < -0.3 is 10.5 Å². The van der Waals surface area contributed by atoms with E-state index in [4.69, 9.17) is 10.5 Å². The van der Waals surface area contributed by atoms with Gasteiger partial charge in [-0.3, -0.25) is 10.1 Å². The molecule has 110 valence electrons. The summed E-state index contributed by atoms with van der Waals surface area (Å²) in [7, 11) is -2.44. The Kier molecular flexibility index (Phi) is 3.93. The maximum absolute atomic E-state index is 12.4. The van der Waals surface area contributed by atoms with Crippen molar-refractivity contribution in [3.63, 3.8) is 0 Å². The van der Waals surface area contributed by atoms with Crippen LogP contribution in [0.15, 0.2) is 23.1 Å². The predicted octanol–water partition coefficient (Wildman–Crippen LogP) is 0.325. The fourth-order valence-corrected chi connectivity index (χ4v) is 3.62. The van der Waals surface area contributed by atoms with Gasteiger partial charge in [0.2, 0.25) is 10.0 Å². The third kappa shape index (κ3) is 2.60. The molecule has 1 fully saturated rings. The first-order valence-electron chi connectivity index (χ1n) is 5.94. The van der Waals surface area contributed by atoms with E-state index in [9.17, 15) is 18.5 Å². The number of nitrogens with two attached hydrogens (primary N) is 1. The van der Waals surface area contributed by atoms with E-state index in [1.165, 1.54) is 17.5 Å². The van der Waals surface area contributed by atoms with Crippen LogP contribution in [0.3, 0.4) is 0 Å². The number of nitro groups is 1. The first-order valence-corrected chi connectivity index (χ1v) is 7.38. The molecule has 1 aliphatic heterocycles. The van der Waals surface area contributed by atoms with Gasteiger partial charge in [0, 0.05) is 31.3 Å². The van der Waals surface area contributed by atoms with E-state index in [-0.39, 0.29) is 28.9 Å². The first kappa shape index (κ1) is 14.7. The number of hydrogen-bond donors (Lipinski definition) is 1. The molecule has 1 aromatic carbocycles. The number of benzene rings is 1. The van der Waals surface area contributed by atoms with Gasteiger partial charge in [-0.1, -0.05) is 0 Å². The highest BCUT2D eigenvalue weighted by molar-refractivity contribution is 7.89. The smallest absolute Gasteiger partial charge is 0.310 e. The molecule has 0 aliphatic carbocycles. The molecule has 2 rings (SSSR count). The standard InChI is InChI=1S/C11H15N3O5S/c1-19-11-6-9(2-3-10(11)14(15)16)20(17,18)13-5-4-8(12)7-13/h2-3,6,8H,4-5,7,12H2,1H3/t8-/m1/s1. The molecule has 1 atom stereocenters. The third-order valence-electron chi connectivity index (χ3n) is 3.17. The minimum atomic E-state index is -3.70. The normalized spacial score (nSPS) is 20.0. The van der Waals surface area contributed by atoms with Crippen LogP contribution in [-0.2, 0) is 10.0 Å². The summed E-state index contributed by atoms with van der Waals surface area (Å²) in [6, 6.07) is 3.32. The molecule has 1 aromatic rings. The van der Waals surface area contributed by atoms with E-state index in [1.54, 1.807) is 0 Å². The van der Waals surface area contributed by atoms with Gasteiger partial charge in [-0.15, -0.1) is 0 Å². The molecular formula is C11H15N3O5S.